The standard InChI is InChI=1S/C13H18BrFN2O/c14-11-5-12(15)7-13(6-11)18-4-3-17-2-1-10(8-16)9-17/h5-7,10H,1-4,8-9,16H2. The minimum Gasteiger partial charge on any atom is -0.492 e. The van der Waals surface area contributed by atoms with Crippen molar-refractivity contribution < 1.29 is 9.13 Å². The number of hydrogen-bond donors (Lipinski definition) is 1. The van der Waals surface area contributed by atoms with Crippen LogP contribution in [0.4, 0.5) is 4.39 Å². The molecule has 2 N–H and O–H groups in total. The number of halogens is 2. The highest BCUT2D eigenvalue weighted by Gasteiger charge is 2.20. The van der Waals surface area contributed by atoms with Crippen molar-refractivity contribution in [1.82, 2.24) is 4.90 Å². The Labute approximate surface area is 115 Å². The maximum Gasteiger partial charge on any atom is 0.128 e. The molecule has 5 heteroatoms. The zero-order valence-corrected chi connectivity index (χ0v) is 11.8. The highest BCUT2D eigenvalue weighted by atomic mass is 79.9. The summed E-state index contributed by atoms with van der Waals surface area (Å²) in [5.41, 5.74) is 5.64. The lowest BCUT2D eigenvalue weighted by atomic mass is 10.1. The van der Waals surface area contributed by atoms with E-state index in [0.717, 1.165) is 26.2 Å². The first-order valence-electron chi connectivity index (χ1n) is 6.18. The molecule has 1 heterocycles. The van der Waals surface area contributed by atoms with E-state index in [0.29, 0.717) is 22.7 Å². The van der Waals surface area contributed by atoms with Crippen molar-refractivity contribution in [3.63, 3.8) is 0 Å². The number of benzene rings is 1. The Morgan fingerprint density at radius 1 is 1.44 bits per heavy atom. The summed E-state index contributed by atoms with van der Waals surface area (Å²) in [4.78, 5) is 2.34. The van der Waals surface area contributed by atoms with Crippen LogP contribution in [-0.2, 0) is 0 Å². The second-order valence-electron chi connectivity index (χ2n) is 4.64. The zero-order valence-electron chi connectivity index (χ0n) is 10.2. The van der Waals surface area contributed by atoms with E-state index in [1.165, 1.54) is 18.6 Å². The van der Waals surface area contributed by atoms with Gasteiger partial charge in [-0.1, -0.05) is 15.9 Å². The number of hydrogen-bond acceptors (Lipinski definition) is 3. The van der Waals surface area contributed by atoms with Gasteiger partial charge in [0, 0.05) is 23.6 Å². The molecule has 3 nitrogen and oxygen atoms in total. The fourth-order valence-corrected chi connectivity index (χ4v) is 2.66. The second-order valence-corrected chi connectivity index (χ2v) is 5.56. The summed E-state index contributed by atoms with van der Waals surface area (Å²) >= 11 is 3.24. The van der Waals surface area contributed by atoms with Crippen molar-refractivity contribution in [2.24, 2.45) is 11.7 Å². The molecule has 0 bridgehead atoms. The van der Waals surface area contributed by atoms with Gasteiger partial charge in [-0.25, -0.2) is 4.39 Å². The molecule has 0 amide bonds. The van der Waals surface area contributed by atoms with Crippen molar-refractivity contribution >= 4 is 15.9 Å². The maximum atomic E-state index is 13.1. The van der Waals surface area contributed by atoms with Crippen molar-refractivity contribution in [3.05, 3.63) is 28.5 Å². The summed E-state index contributed by atoms with van der Waals surface area (Å²) < 4.78 is 19.4. The van der Waals surface area contributed by atoms with Crippen molar-refractivity contribution in [2.45, 2.75) is 6.42 Å². The van der Waals surface area contributed by atoms with Gasteiger partial charge in [-0.05, 0) is 37.6 Å². The van der Waals surface area contributed by atoms with Gasteiger partial charge in [0.05, 0.1) is 0 Å². The molecule has 1 aromatic carbocycles. The first-order chi connectivity index (χ1) is 8.67. The Morgan fingerprint density at radius 2 is 2.28 bits per heavy atom. The van der Waals surface area contributed by atoms with Gasteiger partial charge < -0.3 is 10.5 Å². The molecule has 1 aliphatic rings. The number of nitrogens with two attached hydrogens (primary N) is 1. The van der Waals surface area contributed by atoms with Gasteiger partial charge in [0.2, 0.25) is 0 Å². The molecular weight excluding hydrogens is 299 g/mol. The Balaban J connectivity index is 1.75. The Kier molecular flexibility index (Phi) is 4.97. The molecule has 1 aliphatic heterocycles. The lowest BCUT2D eigenvalue weighted by Gasteiger charge is -2.16. The number of likely N-dealkylation sites (tertiary alicyclic amines) is 1. The van der Waals surface area contributed by atoms with Crippen LogP contribution < -0.4 is 10.5 Å². The molecular formula is C13H18BrFN2O. The van der Waals surface area contributed by atoms with Crippen molar-refractivity contribution in [2.75, 3.05) is 32.8 Å². The average molecular weight is 317 g/mol. The van der Waals surface area contributed by atoms with Crippen LogP contribution in [0, 0.1) is 11.7 Å². The first-order valence-corrected chi connectivity index (χ1v) is 6.98. The summed E-state index contributed by atoms with van der Waals surface area (Å²) in [6.45, 7) is 4.33. The van der Waals surface area contributed by atoms with E-state index in [2.05, 4.69) is 20.8 Å². The topological polar surface area (TPSA) is 38.5 Å². The molecule has 2 rings (SSSR count). The Bertz CT molecular complexity index is 382. The molecule has 1 atom stereocenters. The molecule has 1 saturated heterocycles. The summed E-state index contributed by atoms with van der Waals surface area (Å²) in [6.07, 6.45) is 1.17. The summed E-state index contributed by atoms with van der Waals surface area (Å²) in [7, 11) is 0. The highest BCUT2D eigenvalue weighted by Crippen LogP contribution is 2.21. The van der Waals surface area contributed by atoms with Crippen LogP contribution in [0.15, 0.2) is 22.7 Å². The van der Waals surface area contributed by atoms with Gasteiger partial charge in [0.25, 0.3) is 0 Å². The predicted molar refractivity (Wildman–Crippen MR) is 73.2 cm³/mol. The van der Waals surface area contributed by atoms with Crippen LogP contribution in [0.25, 0.3) is 0 Å². The third kappa shape index (κ3) is 3.93. The van der Waals surface area contributed by atoms with E-state index in [1.54, 1.807) is 6.07 Å². The maximum absolute atomic E-state index is 13.1. The van der Waals surface area contributed by atoms with E-state index in [4.69, 9.17) is 10.5 Å². The van der Waals surface area contributed by atoms with Crippen LogP contribution in [0.5, 0.6) is 5.75 Å². The third-order valence-corrected chi connectivity index (χ3v) is 3.67. The van der Waals surface area contributed by atoms with E-state index >= 15 is 0 Å². The molecule has 100 valence electrons. The number of nitrogens with zero attached hydrogens (tertiary/aromatic N) is 1. The summed E-state index contributed by atoms with van der Waals surface area (Å²) in [5, 5.41) is 0. The largest absolute Gasteiger partial charge is 0.492 e. The molecule has 18 heavy (non-hydrogen) atoms. The molecule has 0 aromatic heterocycles. The van der Waals surface area contributed by atoms with Crippen LogP contribution in [0.2, 0.25) is 0 Å². The predicted octanol–water partition coefficient (Wildman–Crippen LogP) is 2.25. The van der Waals surface area contributed by atoms with Crippen LogP contribution in [-0.4, -0.2) is 37.7 Å². The van der Waals surface area contributed by atoms with Gasteiger partial charge in [0.15, 0.2) is 0 Å². The van der Waals surface area contributed by atoms with Gasteiger partial charge in [-0.2, -0.15) is 0 Å². The first kappa shape index (κ1) is 13.8. The van der Waals surface area contributed by atoms with Crippen molar-refractivity contribution in [1.29, 1.82) is 0 Å². The van der Waals surface area contributed by atoms with Crippen LogP contribution in [0.3, 0.4) is 0 Å². The van der Waals surface area contributed by atoms with Gasteiger partial charge >= 0.3 is 0 Å². The van der Waals surface area contributed by atoms with Gasteiger partial charge in [-0.15, -0.1) is 0 Å². The third-order valence-electron chi connectivity index (χ3n) is 3.22. The SMILES string of the molecule is NCC1CCN(CCOc2cc(F)cc(Br)c2)C1. The minimum absolute atomic E-state index is 0.288. The lowest BCUT2D eigenvalue weighted by Crippen LogP contribution is -2.27. The molecule has 0 radical (unpaired) electrons. The monoisotopic (exact) mass is 316 g/mol. The summed E-state index contributed by atoms with van der Waals surface area (Å²) in [5.74, 6) is 0.897. The Morgan fingerprint density at radius 3 is 2.94 bits per heavy atom. The van der Waals surface area contributed by atoms with Gasteiger partial charge in [0.1, 0.15) is 18.2 Å². The molecule has 0 saturated carbocycles. The normalized spacial score (nSPS) is 20.3. The molecule has 0 spiro atoms. The molecule has 1 unspecified atom stereocenters. The Hall–Kier alpha value is -0.650. The van der Waals surface area contributed by atoms with E-state index < -0.39 is 0 Å². The minimum atomic E-state index is -0.288. The lowest BCUT2D eigenvalue weighted by molar-refractivity contribution is 0.232. The second kappa shape index (κ2) is 6.50. The fraction of sp³-hybridized carbons (Fsp3) is 0.538. The molecule has 0 aliphatic carbocycles. The molecule has 1 fully saturated rings. The van der Waals surface area contributed by atoms with Gasteiger partial charge in [-0.3, -0.25) is 4.90 Å². The van der Waals surface area contributed by atoms with E-state index in [-0.39, 0.29) is 5.82 Å². The van der Waals surface area contributed by atoms with Crippen molar-refractivity contribution in [3.8, 4) is 5.75 Å². The van der Waals surface area contributed by atoms with Crippen LogP contribution in [0.1, 0.15) is 6.42 Å². The quantitative estimate of drug-likeness (QED) is 0.905. The van der Waals surface area contributed by atoms with E-state index in [9.17, 15) is 4.39 Å². The van der Waals surface area contributed by atoms with E-state index in [1.807, 2.05) is 0 Å². The summed E-state index contributed by atoms with van der Waals surface area (Å²) in [6, 6.07) is 4.59. The zero-order chi connectivity index (χ0) is 13.0. The number of ether oxygens (including phenoxy) is 1. The number of rotatable bonds is 5. The smallest absolute Gasteiger partial charge is 0.128 e. The van der Waals surface area contributed by atoms with Crippen LogP contribution >= 0.6 is 15.9 Å². The highest BCUT2D eigenvalue weighted by molar-refractivity contribution is 9.10. The average Bonchev–Trinajstić information content (AvgIpc) is 2.76. The molecule has 1 aromatic rings. The fourth-order valence-electron chi connectivity index (χ4n) is 2.21.